The van der Waals surface area contributed by atoms with E-state index in [1.165, 1.54) is 0 Å². The minimum absolute atomic E-state index is 0.138. The van der Waals surface area contributed by atoms with Crippen molar-refractivity contribution < 1.29 is 14.4 Å². The van der Waals surface area contributed by atoms with Gasteiger partial charge in [0.1, 0.15) is 6.04 Å². The van der Waals surface area contributed by atoms with Crippen LogP contribution in [-0.4, -0.2) is 23.8 Å². The number of hydrogen-bond acceptors (Lipinski definition) is 3. The summed E-state index contributed by atoms with van der Waals surface area (Å²) in [6.45, 7) is 0. The first-order chi connectivity index (χ1) is 11.1. The second kappa shape index (κ2) is 6.31. The Labute approximate surface area is 132 Å². The van der Waals surface area contributed by atoms with E-state index >= 15 is 0 Å². The number of carbonyl (C=O) groups excluding carboxylic acids is 3. The molecule has 0 fully saturated rings. The lowest BCUT2D eigenvalue weighted by molar-refractivity contribution is -0.122. The smallest absolute Gasteiger partial charge is 0.254 e. The average Bonchev–Trinajstić information content (AvgIpc) is 2.66. The Morgan fingerprint density at radius 3 is 2.48 bits per heavy atom. The van der Waals surface area contributed by atoms with E-state index in [1.54, 1.807) is 48.5 Å². The molecular formula is C17H15N3O3. The Hall–Kier alpha value is -3.15. The lowest BCUT2D eigenvalue weighted by Crippen LogP contribution is -2.43. The van der Waals surface area contributed by atoms with Gasteiger partial charge < -0.3 is 16.0 Å². The van der Waals surface area contributed by atoms with Gasteiger partial charge in [-0.05, 0) is 24.3 Å². The third-order valence-corrected chi connectivity index (χ3v) is 3.50. The Morgan fingerprint density at radius 1 is 1.00 bits per heavy atom. The number of nitrogens with one attached hydrogen (secondary N) is 3. The number of para-hydroxylation sites is 2. The van der Waals surface area contributed by atoms with Crippen LogP contribution in [0, 0.1) is 0 Å². The summed E-state index contributed by atoms with van der Waals surface area (Å²) in [7, 11) is 0. The lowest BCUT2D eigenvalue weighted by atomic mass is 10.1. The summed E-state index contributed by atoms with van der Waals surface area (Å²) in [5, 5.41) is 7.96. The molecule has 3 N–H and O–H groups in total. The quantitative estimate of drug-likeness (QED) is 0.807. The van der Waals surface area contributed by atoms with Crippen molar-refractivity contribution in [2.45, 2.75) is 12.5 Å². The lowest BCUT2D eigenvalue weighted by Gasteiger charge is -2.14. The fraction of sp³-hybridized carbons (Fsp3) is 0.118. The molecule has 0 aromatic heterocycles. The van der Waals surface area contributed by atoms with Crippen molar-refractivity contribution >= 4 is 29.1 Å². The first-order valence-electron chi connectivity index (χ1n) is 7.19. The largest absolute Gasteiger partial charge is 0.340 e. The maximum Gasteiger partial charge on any atom is 0.254 e. The highest BCUT2D eigenvalue weighted by Crippen LogP contribution is 2.19. The van der Waals surface area contributed by atoms with E-state index in [0.29, 0.717) is 16.9 Å². The average molecular weight is 309 g/mol. The number of hydrogen-bond donors (Lipinski definition) is 3. The maximum absolute atomic E-state index is 12.2. The summed E-state index contributed by atoms with van der Waals surface area (Å²) in [4.78, 5) is 36.4. The molecule has 1 atom stereocenters. The molecule has 23 heavy (non-hydrogen) atoms. The van der Waals surface area contributed by atoms with Crippen molar-refractivity contribution in [3.8, 4) is 0 Å². The molecule has 1 aliphatic heterocycles. The number of anilines is 2. The minimum atomic E-state index is -0.918. The normalized spacial score (nSPS) is 16.6. The number of benzene rings is 2. The van der Waals surface area contributed by atoms with Crippen LogP contribution in [0.4, 0.5) is 11.4 Å². The van der Waals surface area contributed by atoms with Gasteiger partial charge >= 0.3 is 0 Å². The molecule has 116 valence electrons. The molecule has 2 aromatic carbocycles. The number of rotatable bonds is 3. The Bertz CT molecular complexity index is 759. The van der Waals surface area contributed by atoms with Crippen molar-refractivity contribution in [2.75, 3.05) is 10.6 Å². The van der Waals surface area contributed by atoms with Gasteiger partial charge in [0, 0.05) is 5.69 Å². The van der Waals surface area contributed by atoms with Crippen LogP contribution in [0.1, 0.15) is 16.8 Å². The van der Waals surface area contributed by atoms with E-state index in [-0.39, 0.29) is 18.2 Å². The third-order valence-electron chi connectivity index (χ3n) is 3.50. The van der Waals surface area contributed by atoms with Crippen LogP contribution in [0.15, 0.2) is 54.6 Å². The highest BCUT2D eigenvalue weighted by atomic mass is 16.2. The summed E-state index contributed by atoms with van der Waals surface area (Å²) in [6, 6.07) is 14.7. The fourth-order valence-electron chi connectivity index (χ4n) is 2.37. The zero-order chi connectivity index (χ0) is 16.2. The molecule has 0 aliphatic carbocycles. The first kappa shape index (κ1) is 14.8. The number of amides is 3. The summed E-state index contributed by atoms with van der Waals surface area (Å²) in [5.74, 6) is -1.13. The molecule has 0 unspecified atom stereocenters. The first-order valence-corrected chi connectivity index (χ1v) is 7.19. The predicted molar refractivity (Wildman–Crippen MR) is 86.0 cm³/mol. The molecule has 0 saturated heterocycles. The molecule has 1 heterocycles. The van der Waals surface area contributed by atoms with Crippen LogP contribution in [0.25, 0.3) is 0 Å². The zero-order valence-electron chi connectivity index (χ0n) is 12.2. The number of fused-ring (bicyclic) bond motifs is 1. The van der Waals surface area contributed by atoms with E-state index in [0.717, 1.165) is 0 Å². The van der Waals surface area contributed by atoms with Gasteiger partial charge in [0.25, 0.3) is 5.91 Å². The van der Waals surface area contributed by atoms with Crippen molar-refractivity contribution in [3.05, 3.63) is 60.2 Å². The molecule has 6 heteroatoms. The van der Waals surface area contributed by atoms with E-state index < -0.39 is 11.9 Å². The van der Waals surface area contributed by atoms with Crippen molar-refractivity contribution in [1.29, 1.82) is 0 Å². The monoisotopic (exact) mass is 309 g/mol. The van der Waals surface area contributed by atoms with Gasteiger partial charge in [0.05, 0.1) is 17.7 Å². The third kappa shape index (κ3) is 3.37. The Balaban J connectivity index is 1.70. The van der Waals surface area contributed by atoms with Crippen molar-refractivity contribution in [2.24, 2.45) is 0 Å². The Morgan fingerprint density at radius 2 is 1.70 bits per heavy atom. The second-order valence-corrected chi connectivity index (χ2v) is 5.18. The van der Waals surface area contributed by atoms with Crippen LogP contribution >= 0.6 is 0 Å². The number of carbonyl (C=O) groups is 3. The molecule has 1 aliphatic rings. The summed E-state index contributed by atoms with van der Waals surface area (Å²) < 4.78 is 0. The highest BCUT2D eigenvalue weighted by molar-refractivity contribution is 6.11. The van der Waals surface area contributed by atoms with Crippen molar-refractivity contribution in [1.82, 2.24) is 5.32 Å². The molecular weight excluding hydrogens is 294 g/mol. The maximum atomic E-state index is 12.2. The van der Waals surface area contributed by atoms with Gasteiger partial charge in [0.2, 0.25) is 11.8 Å². The van der Waals surface area contributed by atoms with Crippen LogP contribution in [0.2, 0.25) is 0 Å². The minimum Gasteiger partial charge on any atom is -0.340 e. The Kier molecular flexibility index (Phi) is 4.05. The van der Waals surface area contributed by atoms with E-state index in [2.05, 4.69) is 16.0 Å². The second-order valence-electron chi connectivity index (χ2n) is 5.18. The molecule has 0 saturated carbocycles. The van der Waals surface area contributed by atoms with Gasteiger partial charge in [-0.3, -0.25) is 14.4 Å². The molecule has 0 bridgehead atoms. The molecule has 3 amide bonds. The zero-order valence-corrected chi connectivity index (χ0v) is 12.2. The van der Waals surface area contributed by atoms with Gasteiger partial charge in [-0.25, -0.2) is 0 Å². The summed E-state index contributed by atoms with van der Waals surface area (Å²) >= 11 is 0. The highest BCUT2D eigenvalue weighted by Gasteiger charge is 2.29. The molecule has 0 radical (unpaired) electrons. The van der Waals surface area contributed by atoms with Gasteiger partial charge in [-0.2, -0.15) is 0 Å². The van der Waals surface area contributed by atoms with E-state index in [4.69, 9.17) is 0 Å². The van der Waals surface area contributed by atoms with Crippen LogP contribution in [0.5, 0.6) is 0 Å². The molecule has 0 spiro atoms. The standard InChI is InChI=1S/C17H15N3O3/c21-15(18-11-6-2-1-3-7-11)10-14-17(23)19-13-9-5-4-8-12(13)16(22)20-14/h1-9,14H,10H2,(H,18,21)(H,19,23)(H,20,22)/t14-/m0/s1. The fourth-order valence-corrected chi connectivity index (χ4v) is 2.37. The molecule has 3 rings (SSSR count). The topological polar surface area (TPSA) is 87.3 Å². The summed E-state index contributed by atoms with van der Waals surface area (Å²) in [6.07, 6.45) is -0.138. The van der Waals surface area contributed by atoms with Crippen LogP contribution < -0.4 is 16.0 Å². The van der Waals surface area contributed by atoms with Crippen molar-refractivity contribution in [3.63, 3.8) is 0 Å². The summed E-state index contributed by atoms with van der Waals surface area (Å²) in [5.41, 5.74) is 1.47. The van der Waals surface area contributed by atoms with Crippen LogP contribution in [-0.2, 0) is 9.59 Å². The van der Waals surface area contributed by atoms with Gasteiger partial charge in [-0.15, -0.1) is 0 Å². The molecule has 6 nitrogen and oxygen atoms in total. The van der Waals surface area contributed by atoms with E-state index in [1.807, 2.05) is 6.07 Å². The van der Waals surface area contributed by atoms with Gasteiger partial charge in [0.15, 0.2) is 0 Å². The SMILES string of the molecule is O=C(C[C@@H]1NC(=O)c2ccccc2NC1=O)Nc1ccccc1. The van der Waals surface area contributed by atoms with Crippen LogP contribution in [0.3, 0.4) is 0 Å². The van der Waals surface area contributed by atoms with Gasteiger partial charge in [-0.1, -0.05) is 30.3 Å². The van der Waals surface area contributed by atoms with E-state index in [9.17, 15) is 14.4 Å². The predicted octanol–water partition coefficient (Wildman–Crippen LogP) is 1.77. The molecule has 2 aromatic rings.